The molecule has 0 fully saturated rings. The fraction of sp³-hybridized carbons (Fsp3) is 0.250. The Morgan fingerprint density at radius 1 is 1.00 bits per heavy atom. The van der Waals surface area contributed by atoms with Crippen LogP contribution in [0.4, 0.5) is 11.4 Å². The minimum absolute atomic E-state index is 0.0484. The van der Waals surface area contributed by atoms with E-state index in [2.05, 4.69) is 15.6 Å². The van der Waals surface area contributed by atoms with Gasteiger partial charge in [0.2, 0.25) is 5.91 Å². The molecule has 7 heteroatoms. The van der Waals surface area contributed by atoms with Crippen molar-refractivity contribution in [2.24, 2.45) is 5.92 Å². The van der Waals surface area contributed by atoms with Gasteiger partial charge in [0, 0.05) is 17.3 Å². The van der Waals surface area contributed by atoms with E-state index >= 15 is 0 Å². The molecule has 0 saturated carbocycles. The van der Waals surface area contributed by atoms with E-state index in [0.29, 0.717) is 32.7 Å². The Labute approximate surface area is 161 Å². The van der Waals surface area contributed by atoms with Gasteiger partial charge in [-0.05, 0) is 50.2 Å². The number of hydrogen-bond donors (Lipinski definition) is 2. The Morgan fingerprint density at radius 2 is 1.63 bits per heavy atom. The molecule has 0 aliphatic rings. The predicted molar refractivity (Wildman–Crippen MR) is 107 cm³/mol. The summed E-state index contributed by atoms with van der Waals surface area (Å²) in [4.78, 5) is 29.3. The van der Waals surface area contributed by atoms with Crippen LogP contribution in [0.1, 0.15) is 35.0 Å². The Morgan fingerprint density at radius 3 is 2.19 bits per heavy atom. The van der Waals surface area contributed by atoms with Gasteiger partial charge in [-0.15, -0.1) is 11.3 Å². The van der Waals surface area contributed by atoms with E-state index in [9.17, 15) is 9.59 Å². The summed E-state index contributed by atoms with van der Waals surface area (Å²) in [7, 11) is 0. The average Bonchev–Trinajstić information content (AvgIpc) is 3.22. The molecule has 2 N–H and O–H groups in total. The third-order valence-electron chi connectivity index (χ3n) is 3.89. The molecular formula is C20H21N3O3S. The standard InChI is InChI=1S/C20H21N3O3S/c1-11(2)18(24)22-14-6-8-15(9-7-14)23-19(25)17-13(4)21-20(27-17)16-10-5-12(3)26-16/h5-11H,1-4H3,(H,22,24)(H,23,25). The minimum Gasteiger partial charge on any atom is -0.459 e. The first kappa shape index (κ1) is 18.8. The molecule has 3 aromatic rings. The highest BCUT2D eigenvalue weighted by Gasteiger charge is 2.18. The van der Waals surface area contributed by atoms with Gasteiger partial charge in [-0.3, -0.25) is 9.59 Å². The van der Waals surface area contributed by atoms with Crippen LogP contribution in [0.15, 0.2) is 40.8 Å². The van der Waals surface area contributed by atoms with Gasteiger partial charge in [0.25, 0.3) is 5.91 Å². The summed E-state index contributed by atoms with van der Waals surface area (Å²) in [5.41, 5.74) is 1.99. The van der Waals surface area contributed by atoms with Crippen LogP contribution in [0.2, 0.25) is 0 Å². The highest BCUT2D eigenvalue weighted by atomic mass is 32.1. The van der Waals surface area contributed by atoms with E-state index < -0.39 is 0 Å². The number of nitrogens with zero attached hydrogens (tertiary/aromatic N) is 1. The number of aromatic nitrogens is 1. The third kappa shape index (κ3) is 4.43. The lowest BCUT2D eigenvalue weighted by molar-refractivity contribution is -0.118. The Bertz CT molecular complexity index is 971. The van der Waals surface area contributed by atoms with Crippen LogP contribution < -0.4 is 10.6 Å². The second-order valence-corrected chi connectivity index (χ2v) is 7.52. The molecule has 2 aromatic heterocycles. The summed E-state index contributed by atoms with van der Waals surface area (Å²) in [5.74, 6) is 1.09. The van der Waals surface area contributed by atoms with E-state index in [1.54, 1.807) is 31.2 Å². The van der Waals surface area contributed by atoms with Crippen molar-refractivity contribution in [3.05, 3.63) is 52.7 Å². The lowest BCUT2D eigenvalue weighted by Gasteiger charge is -2.09. The number of hydrogen-bond acceptors (Lipinski definition) is 5. The fourth-order valence-corrected chi connectivity index (χ4v) is 3.30. The van der Waals surface area contributed by atoms with Crippen molar-refractivity contribution in [3.8, 4) is 10.8 Å². The van der Waals surface area contributed by atoms with E-state index in [1.807, 2.05) is 32.9 Å². The van der Waals surface area contributed by atoms with Crippen molar-refractivity contribution < 1.29 is 14.0 Å². The highest BCUT2D eigenvalue weighted by molar-refractivity contribution is 7.17. The van der Waals surface area contributed by atoms with Gasteiger partial charge in [-0.2, -0.15) is 0 Å². The third-order valence-corrected chi connectivity index (χ3v) is 5.06. The number of aryl methyl sites for hydroxylation is 2. The van der Waals surface area contributed by atoms with E-state index in [0.717, 1.165) is 5.76 Å². The number of furan rings is 1. The molecule has 0 spiro atoms. The van der Waals surface area contributed by atoms with Crippen LogP contribution in [0, 0.1) is 19.8 Å². The number of carbonyl (C=O) groups is 2. The van der Waals surface area contributed by atoms with Crippen LogP contribution in [0.3, 0.4) is 0 Å². The van der Waals surface area contributed by atoms with Gasteiger partial charge in [0.15, 0.2) is 10.8 Å². The minimum atomic E-state index is -0.224. The molecular weight excluding hydrogens is 362 g/mol. The number of carbonyl (C=O) groups excluding carboxylic acids is 2. The lowest BCUT2D eigenvalue weighted by atomic mass is 10.2. The van der Waals surface area contributed by atoms with Gasteiger partial charge in [0.1, 0.15) is 10.6 Å². The van der Waals surface area contributed by atoms with Crippen LogP contribution in [0.25, 0.3) is 10.8 Å². The van der Waals surface area contributed by atoms with Crippen molar-refractivity contribution in [1.82, 2.24) is 4.98 Å². The summed E-state index contributed by atoms with van der Waals surface area (Å²) >= 11 is 1.29. The fourth-order valence-electron chi connectivity index (χ4n) is 2.37. The lowest BCUT2D eigenvalue weighted by Crippen LogP contribution is -2.17. The van der Waals surface area contributed by atoms with Gasteiger partial charge >= 0.3 is 0 Å². The van der Waals surface area contributed by atoms with Crippen molar-refractivity contribution in [2.75, 3.05) is 10.6 Å². The quantitative estimate of drug-likeness (QED) is 0.658. The topological polar surface area (TPSA) is 84.2 Å². The van der Waals surface area contributed by atoms with Crippen molar-refractivity contribution in [3.63, 3.8) is 0 Å². The first-order valence-electron chi connectivity index (χ1n) is 8.60. The summed E-state index contributed by atoms with van der Waals surface area (Å²) in [5, 5.41) is 6.35. The zero-order valence-electron chi connectivity index (χ0n) is 15.6. The monoisotopic (exact) mass is 383 g/mol. The predicted octanol–water partition coefficient (Wildman–Crippen LogP) is 4.87. The molecule has 3 rings (SSSR count). The average molecular weight is 383 g/mol. The van der Waals surface area contributed by atoms with Crippen LogP contribution in [-0.2, 0) is 4.79 Å². The Hall–Kier alpha value is -2.93. The maximum atomic E-state index is 12.6. The normalized spacial score (nSPS) is 10.9. The second kappa shape index (κ2) is 7.75. The molecule has 0 bridgehead atoms. The number of nitrogens with one attached hydrogen (secondary N) is 2. The van der Waals surface area contributed by atoms with E-state index in [4.69, 9.17) is 4.42 Å². The number of rotatable bonds is 5. The van der Waals surface area contributed by atoms with Gasteiger partial charge in [-0.1, -0.05) is 13.8 Å². The molecule has 0 atom stereocenters. The summed E-state index contributed by atoms with van der Waals surface area (Å²) < 4.78 is 5.58. The highest BCUT2D eigenvalue weighted by Crippen LogP contribution is 2.29. The molecule has 27 heavy (non-hydrogen) atoms. The molecule has 0 unspecified atom stereocenters. The summed E-state index contributed by atoms with van der Waals surface area (Å²) in [6.45, 7) is 7.33. The van der Waals surface area contributed by atoms with Crippen LogP contribution in [-0.4, -0.2) is 16.8 Å². The first-order valence-corrected chi connectivity index (χ1v) is 9.41. The molecule has 6 nitrogen and oxygen atoms in total. The maximum absolute atomic E-state index is 12.6. The largest absolute Gasteiger partial charge is 0.459 e. The maximum Gasteiger partial charge on any atom is 0.267 e. The number of benzene rings is 1. The molecule has 1 aromatic carbocycles. The van der Waals surface area contributed by atoms with Crippen molar-refractivity contribution >= 4 is 34.5 Å². The number of anilines is 2. The molecule has 2 heterocycles. The van der Waals surface area contributed by atoms with E-state index in [1.165, 1.54) is 11.3 Å². The van der Waals surface area contributed by atoms with Gasteiger partial charge in [0.05, 0.1) is 5.69 Å². The summed E-state index contributed by atoms with van der Waals surface area (Å²) in [6, 6.07) is 10.7. The molecule has 0 aliphatic carbocycles. The van der Waals surface area contributed by atoms with E-state index in [-0.39, 0.29) is 17.7 Å². The van der Waals surface area contributed by atoms with Gasteiger partial charge < -0.3 is 15.1 Å². The van der Waals surface area contributed by atoms with Crippen molar-refractivity contribution in [2.45, 2.75) is 27.7 Å². The second-order valence-electron chi connectivity index (χ2n) is 6.52. The number of amides is 2. The van der Waals surface area contributed by atoms with Gasteiger partial charge in [-0.25, -0.2) is 4.98 Å². The zero-order chi connectivity index (χ0) is 19.6. The molecule has 0 aliphatic heterocycles. The molecule has 2 amide bonds. The summed E-state index contributed by atoms with van der Waals surface area (Å²) in [6.07, 6.45) is 0. The molecule has 140 valence electrons. The molecule has 0 saturated heterocycles. The SMILES string of the molecule is Cc1ccc(-c2nc(C)c(C(=O)Nc3ccc(NC(=O)C(C)C)cc3)s2)o1. The first-order chi connectivity index (χ1) is 12.8. The Kier molecular flexibility index (Phi) is 5.41. The number of thiazole rings is 1. The van der Waals surface area contributed by atoms with Crippen LogP contribution >= 0.6 is 11.3 Å². The zero-order valence-corrected chi connectivity index (χ0v) is 16.4. The smallest absolute Gasteiger partial charge is 0.267 e. The Balaban J connectivity index is 1.70. The van der Waals surface area contributed by atoms with Crippen molar-refractivity contribution in [1.29, 1.82) is 0 Å². The molecule has 0 radical (unpaired) electrons. The van der Waals surface area contributed by atoms with Crippen LogP contribution in [0.5, 0.6) is 0 Å².